The Hall–Kier alpha value is -2.52. The first kappa shape index (κ1) is 13.2. The van der Waals surface area contributed by atoms with E-state index in [1.165, 1.54) is 9.44 Å². The standard InChI is InChI=1S/C16H12N4OS/c17-7-9-20-14(11-5-1-2-8-18-11)19-15-13(16(20)21)10-4-3-6-12(10)22-15/h1-2,5,8H,3-4,6,9H2. The quantitative estimate of drug-likeness (QED) is 0.729. The molecule has 0 radical (unpaired) electrons. The molecule has 0 saturated carbocycles. The van der Waals surface area contributed by atoms with Crippen molar-refractivity contribution in [1.82, 2.24) is 14.5 Å². The van der Waals surface area contributed by atoms with Gasteiger partial charge in [0.2, 0.25) is 0 Å². The summed E-state index contributed by atoms with van der Waals surface area (Å²) in [5, 5.41) is 9.78. The number of aromatic nitrogens is 3. The number of thiophene rings is 1. The van der Waals surface area contributed by atoms with E-state index in [4.69, 9.17) is 5.26 Å². The van der Waals surface area contributed by atoms with Crippen molar-refractivity contribution in [2.24, 2.45) is 0 Å². The lowest BCUT2D eigenvalue weighted by molar-refractivity contribution is 0.783. The minimum absolute atomic E-state index is 0.0156. The Bertz CT molecular complexity index is 966. The van der Waals surface area contributed by atoms with Crippen LogP contribution >= 0.6 is 11.3 Å². The Labute approximate surface area is 130 Å². The third kappa shape index (κ3) is 1.86. The van der Waals surface area contributed by atoms with Crippen LogP contribution in [0.25, 0.3) is 21.7 Å². The van der Waals surface area contributed by atoms with Crippen LogP contribution in [-0.4, -0.2) is 14.5 Å². The highest BCUT2D eigenvalue weighted by atomic mass is 32.1. The third-order valence-corrected chi connectivity index (χ3v) is 5.13. The Balaban J connectivity index is 2.07. The monoisotopic (exact) mass is 308 g/mol. The van der Waals surface area contributed by atoms with Gasteiger partial charge in [0, 0.05) is 11.1 Å². The van der Waals surface area contributed by atoms with Crippen molar-refractivity contribution >= 4 is 21.6 Å². The first-order valence-electron chi connectivity index (χ1n) is 7.13. The lowest BCUT2D eigenvalue weighted by atomic mass is 10.2. The molecule has 0 atom stereocenters. The van der Waals surface area contributed by atoms with E-state index in [9.17, 15) is 4.79 Å². The van der Waals surface area contributed by atoms with Crippen LogP contribution in [0.2, 0.25) is 0 Å². The topological polar surface area (TPSA) is 71.6 Å². The molecular weight excluding hydrogens is 296 g/mol. The maximum absolute atomic E-state index is 12.9. The zero-order valence-corrected chi connectivity index (χ0v) is 12.6. The van der Waals surface area contributed by atoms with Gasteiger partial charge in [0.05, 0.1) is 11.5 Å². The molecule has 3 aromatic rings. The molecule has 0 N–H and O–H groups in total. The van der Waals surface area contributed by atoms with Crippen molar-refractivity contribution in [1.29, 1.82) is 5.26 Å². The van der Waals surface area contributed by atoms with Gasteiger partial charge in [0.1, 0.15) is 17.1 Å². The molecule has 0 bridgehead atoms. The van der Waals surface area contributed by atoms with Gasteiger partial charge in [-0.3, -0.25) is 14.3 Å². The van der Waals surface area contributed by atoms with E-state index in [2.05, 4.69) is 16.0 Å². The van der Waals surface area contributed by atoms with Gasteiger partial charge < -0.3 is 0 Å². The lowest BCUT2D eigenvalue weighted by Crippen LogP contribution is -2.23. The number of fused-ring (bicyclic) bond motifs is 3. The summed E-state index contributed by atoms with van der Waals surface area (Å²) >= 11 is 1.60. The van der Waals surface area contributed by atoms with Gasteiger partial charge in [-0.25, -0.2) is 4.98 Å². The zero-order chi connectivity index (χ0) is 15.1. The van der Waals surface area contributed by atoms with Gasteiger partial charge in [-0.2, -0.15) is 5.26 Å². The second-order valence-electron chi connectivity index (χ2n) is 5.24. The zero-order valence-electron chi connectivity index (χ0n) is 11.7. The first-order chi connectivity index (χ1) is 10.8. The second-order valence-corrected chi connectivity index (χ2v) is 6.32. The number of rotatable bonds is 2. The largest absolute Gasteiger partial charge is 0.277 e. The van der Waals surface area contributed by atoms with E-state index in [-0.39, 0.29) is 12.1 Å². The van der Waals surface area contributed by atoms with E-state index < -0.39 is 0 Å². The van der Waals surface area contributed by atoms with Crippen molar-refractivity contribution in [2.45, 2.75) is 25.8 Å². The van der Waals surface area contributed by atoms with Gasteiger partial charge in [0.25, 0.3) is 5.56 Å². The number of aryl methyl sites for hydroxylation is 2. The van der Waals surface area contributed by atoms with Gasteiger partial charge in [-0.05, 0) is 37.0 Å². The fourth-order valence-corrected chi connectivity index (χ4v) is 4.24. The molecule has 3 heterocycles. The molecule has 0 aromatic carbocycles. The number of nitrogens with zero attached hydrogens (tertiary/aromatic N) is 4. The molecule has 0 amide bonds. The molecule has 0 saturated heterocycles. The van der Waals surface area contributed by atoms with Crippen molar-refractivity contribution in [3.05, 3.63) is 45.2 Å². The van der Waals surface area contributed by atoms with Crippen LogP contribution in [0.1, 0.15) is 16.9 Å². The van der Waals surface area contributed by atoms with Crippen molar-refractivity contribution in [3.63, 3.8) is 0 Å². The van der Waals surface area contributed by atoms with Crippen LogP contribution in [0.4, 0.5) is 0 Å². The minimum atomic E-state index is -0.119. The van der Waals surface area contributed by atoms with Crippen molar-refractivity contribution in [2.75, 3.05) is 0 Å². The Morgan fingerprint density at radius 1 is 1.36 bits per heavy atom. The number of pyridine rings is 1. The van der Waals surface area contributed by atoms with Crippen molar-refractivity contribution < 1.29 is 0 Å². The molecule has 1 aliphatic rings. The maximum Gasteiger partial charge on any atom is 0.263 e. The highest BCUT2D eigenvalue weighted by molar-refractivity contribution is 7.18. The van der Waals surface area contributed by atoms with Gasteiger partial charge in [0.15, 0.2) is 5.82 Å². The summed E-state index contributed by atoms with van der Waals surface area (Å²) in [7, 11) is 0. The van der Waals surface area contributed by atoms with Crippen LogP contribution in [-0.2, 0) is 19.4 Å². The summed E-state index contributed by atoms with van der Waals surface area (Å²) in [6.07, 6.45) is 4.71. The molecule has 108 valence electrons. The molecular formula is C16H12N4OS. The van der Waals surface area contributed by atoms with Crippen LogP contribution in [0, 0.1) is 11.3 Å². The highest BCUT2D eigenvalue weighted by Crippen LogP contribution is 2.35. The molecule has 3 aromatic heterocycles. The lowest BCUT2D eigenvalue weighted by Gasteiger charge is -2.09. The average molecular weight is 308 g/mol. The maximum atomic E-state index is 12.9. The Kier molecular flexibility index (Phi) is 3.01. The van der Waals surface area contributed by atoms with E-state index in [1.807, 2.05) is 18.2 Å². The molecule has 0 spiro atoms. The fourth-order valence-electron chi connectivity index (χ4n) is 2.98. The summed E-state index contributed by atoms with van der Waals surface area (Å²) in [5.41, 5.74) is 1.63. The smallest absolute Gasteiger partial charge is 0.263 e. The normalized spacial score (nSPS) is 13.2. The summed E-state index contributed by atoms with van der Waals surface area (Å²) < 4.78 is 1.44. The average Bonchev–Trinajstić information content (AvgIpc) is 3.11. The van der Waals surface area contributed by atoms with Crippen molar-refractivity contribution in [3.8, 4) is 17.6 Å². The van der Waals surface area contributed by atoms with Crippen LogP contribution in [0.3, 0.4) is 0 Å². The summed E-state index contributed by atoms with van der Waals surface area (Å²) in [6, 6.07) is 7.53. The van der Waals surface area contributed by atoms with E-state index in [0.29, 0.717) is 16.9 Å². The Morgan fingerprint density at radius 3 is 3.05 bits per heavy atom. The summed E-state index contributed by atoms with van der Waals surface area (Å²) in [4.78, 5) is 23.8. The number of hydrogen-bond acceptors (Lipinski definition) is 5. The summed E-state index contributed by atoms with van der Waals surface area (Å²) in [5.74, 6) is 0.472. The van der Waals surface area contributed by atoms with Gasteiger partial charge >= 0.3 is 0 Å². The van der Waals surface area contributed by atoms with E-state index in [0.717, 1.165) is 29.7 Å². The Morgan fingerprint density at radius 2 is 2.27 bits per heavy atom. The molecule has 0 unspecified atom stereocenters. The SMILES string of the molecule is N#CCn1c(-c2ccccn2)nc2sc3c(c2c1=O)CCC3. The molecule has 0 aliphatic heterocycles. The number of nitriles is 1. The first-order valence-corrected chi connectivity index (χ1v) is 7.94. The predicted octanol–water partition coefficient (Wildman–Crippen LogP) is 2.53. The molecule has 1 aliphatic carbocycles. The third-order valence-electron chi connectivity index (χ3n) is 3.95. The van der Waals surface area contributed by atoms with Gasteiger partial charge in [-0.15, -0.1) is 11.3 Å². The van der Waals surface area contributed by atoms with Crippen LogP contribution in [0.5, 0.6) is 0 Å². The molecule has 4 rings (SSSR count). The molecule has 5 nitrogen and oxygen atoms in total. The van der Waals surface area contributed by atoms with Crippen LogP contribution in [0.15, 0.2) is 29.2 Å². The molecule has 0 fully saturated rings. The highest BCUT2D eigenvalue weighted by Gasteiger charge is 2.23. The molecule has 22 heavy (non-hydrogen) atoms. The van der Waals surface area contributed by atoms with E-state index >= 15 is 0 Å². The fraction of sp³-hybridized carbons (Fsp3) is 0.250. The number of hydrogen-bond donors (Lipinski definition) is 0. The summed E-state index contributed by atoms with van der Waals surface area (Å²) in [6.45, 7) is -0.0156. The van der Waals surface area contributed by atoms with Crippen LogP contribution < -0.4 is 5.56 Å². The molecule has 6 heteroatoms. The minimum Gasteiger partial charge on any atom is -0.277 e. The van der Waals surface area contributed by atoms with E-state index in [1.54, 1.807) is 17.5 Å². The second kappa shape index (κ2) is 5.04. The predicted molar refractivity (Wildman–Crippen MR) is 84.7 cm³/mol. The van der Waals surface area contributed by atoms with Gasteiger partial charge in [-0.1, -0.05) is 6.07 Å².